The minimum absolute atomic E-state index is 0.106. The zero-order valence-electron chi connectivity index (χ0n) is 9.98. The molecule has 0 saturated carbocycles. The first kappa shape index (κ1) is 14.4. The molecule has 1 N–H and O–H groups in total. The predicted molar refractivity (Wildman–Crippen MR) is 67.1 cm³/mol. The molecule has 0 aliphatic heterocycles. The molecule has 2 rings (SSSR count). The first-order valence-electron chi connectivity index (χ1n) is 5.49. The Labute approximate surface area is 116 Å². The van der Waals surface area contributed by atoms with Crippen molar-refractivity contribution in [1.82, 2.24) is 0 Å². The molecule has 1 aromatic carbocycles. The molecule has 0 bridgehead atoms. The number of para-hydroxylation sites is 1. The van der Waals surface area contributed by atoms with E-state index in [0.29, 0.717) is 4.88 Å². The molecule has 106 valence electrons. The van der Waals surface area contributed by atoms with Crippen molar-refractivity contribution in [2.75, 3.05) is 0 Å². The fourth-order valence-corrected chi connectivity index (χ4v) is 2.31. The molecule has 3 nitrogen and oxygen atoms in total. The van der Waals surface area contributed by atoms with E-state index < -0.39 is 17.7 Å². The Hall–Kier alpha value is -2.02. The van der Waals surface area contributed by atoms with Gasteiger partial charge < -0.3 is 9.84 Å². The largest absolute Gasteiger partial charge is 0.487 e. The molecule has 2 aromatic rings. The number of hydrogen-bond donors (Lipinski definition) is 1. The monoisotopic (exact) mass is 302 g/mol. The summed E-state index contributed by atoms with van der Waals surface area (Å²) in [7, 11) is 0. The van der Waals surface area contributed by atoms with Gasteiger partial charge in [0.1, 0.15) is 17.2 Å². The van der Waals surface area contributed by atoms with Crippen molar-refractivity contribution in [1.29, 1.82) is 0 Å². The summed E-state index contributed by atoms with van der Waals surface area (Å²) < 4.78 is 43.3. The van der Waals surface area contributed by atoms with Crippen LogP contribution in [0.2, 0.25) is 0 Å². The van der Waals surface area contributed by atoms with Crippen molar-refractivity contribution in [3.05, 3.63) is 51.7 Å². The number of carboxylic acid groups (broad SMARTS) is 1. The van der Waals surface area contributed by atoms with E-state index in [4.69, 9.17) is 9.84 Å². The number of aromatic carboxylic acids is 1. The highest BCUT2D eigenvalue weighted by atomic mass is 32.1. The summed E-state index contributed by atoms with van der Waals surface area (Å²) in [5, 5.41) is 8.76. The van der Waals surface area contributed by atoms with Crippen molar-refractivity contribution < 1.29 is 27.8 Å². The average Bonchev–Trinajstić information content (AvgIpc) is 2.84. The van der Waals surface area contributed by atoms with Crippen LogP contribution in [0.5, 0.6) is 5.75 Å². The summed E-state index contributed by atoms with van der Waals surface area (Å²) in [4.78, 5) is 11.4. The van der Waals surface area contributed by atoms with Gasteiger partial charge in [0, 0.05) is 4.88 Å². The third kappa shape index (κ3) is 3.30. The third-order valence-electron chi connectivity index (χ3n) is 2.43. The van der Waals surface area contributed by atoms with Crippen LogP contribution in [-0.4, -0.2) is 11.1 Å². The topological polar surface area (TPSA) is 46.5 Å². The van der Waals surface area contributed by atoms with Crippen LogP contribution in [0.15, 0.2) is 36.4 Å². The summed E-state index contributed by atoms with van der Waals surface area (Å²) >= 11 is 0.968. The van der Waals surface area contributed by atoms with E-state index in [2.05, 4.69) is 0 Å². The number of carboxylic acids is 1. The van der Waals surface area contributed by atoms with Gasteiger partial charge in [0.2, 0.25) is 0 Å². The van der Waals surface area contributed by atoms with E-state index in [1.165, 1.54) is 30.3 Å². The molecule has 0 unspecified atom stereocenters. The summed E-state index contributed by atoms with van der Waals surface area (Å²) in [5.74, 6) is -1.35. The van der Waals surface area contributed by atoms with E-state index in [-0.39, 0.29) is 17.2 Å². The molecule has 0 spiro atoms. The second-order valence-corrected chi connectivity index (χ2v) is 5.02. The molecule has 1 heterocycles. The number of carbonyl (C=O) groups is 1. The molecule has 0 radical (unpaired) electrons. The van der Waals surface area contributed by atoms with E-state index in [1.54, 1.807) is 0 Å². The Morgan fingerprint density at radius 2 is 1.90 bits per heavy atom. The Morgan fingerprint density at radius 3 is 2.50 bits per heavy atom. The summed E-state index contributed by atoms with van der Waals surface area (Å²) in [5.41, 5.74) is -0.852. The van der Waals surface area contributed by atoms with Crippen molar-refractivity contribution in [2.45, 2.75) is 12.8 Å². The van der Waals surface area contributed by atoms with Crippen molar-refractivity contribution in [3.63, 3.8) is 0 Å². The molecular formula is C13H9F3O3S. The lowest BCUT2D eigenvalue weighted by Crippen LogP contribution is -2.08. The van der Waals surface area contributed by atoms with Gasteiger partial charge in [0.15, 0.2) is 0 Å². The maximum atomic E-state index is 12.7. The van der Waals surface area contributed by atoms with Gasteiger partial charge in [-0.2, -0.15) is 13.2 Å². The van der Waals surface area contributed by atoms with Crippen molar-refractivity contribution >= 4 is 17.3 Å². The first-order valence-corrected chi connectivity index (χ1v) is 6.30. The summed E-state index contributed by atoms with van der Waals surface area (Å²) in [6.07, 6.45) is -4.49. The number of rotatable bonds is 4. The van der Waals surface area contributed by atoms with E-state index in [9.17, 15) is 18.0 Å². The Bertz CT molecular complexity index is 619. The third-order valence-corrected chi connectivity index (χ3v) is 3.48. The SMILES string of the molecule is O=C(O)c1ccc(COc2ccccc2C(F)(F)F)s1. The molecule has 20 heavy (non-hydrogen) atoms. The number of thiophene rings is 1. The fourth-order valence-electron chi connectivity index (χ4n) is 1.55. The summed E-state index contributed by atoms with van der Waals surface area (Å²) in [6.45, 7) is -0.106. The molecule has 0 atom stereocenters. The molecule has 0 saturated heterocycles. The second-order valence-electron chi connectivity index (χ2n) is 3.85. The molecule has 7 heteroatoms. The maximum Gasteiger partial charge on any atom is 0.419 e. The van der Waals surface area contributed by atoms with Crippen LogP contribution in [-0.2, 0) is 12.8 Å². The minimum atomic E-state index is -4.49. The van der Waals surface area contributed by atoms with Gasteiger partial charge in [-0.15, -0.1) is 11.3 Å². The van der Waals surface area contributed by atoms with Crippen LogP contribution in [0, 0.1) is 0 Å². The standard InChI is InChI=1S/C13H9F3O3S/c14-13(15,16)9-3-1-2-4-10(9)19-7-8-5-6-11(20-8)12(17)18/h1-6H,7H2,(H,17,18). The van der Waals surface area contributed by atoms with Gasteiger partial charge in [-0.25, -0.2) is 4.79 Å². The second kappa shape index (κ2) is 5.54. The number of hydrogen-bond acceptors (Lipinski definition) is 3. The molecule has 0 fully saturated rings. The average molecular weight is 302 g/mol. The van der Waals surface area contributed by atoms with Gasteiger partial charge in [0.25, 0.3) is 0 Å². The minimum Gasteiger partial charge on any atom is -0.487 e. The first-order chi connectivity index (χ1) is 9.38. The molecule has 0 aliphatic carbocycles. The van der Waals surface area contributed by atoms with Gasteiger partial charge in [-0.05, 0) is 24.3 Å². The highest BCUT2D eigenvalue weighted by Gasteiger charge is 2.34. The van der Waals surface area contributed by atoms with Crippen LogP contribution in [0.25, 0.3) is 0 Å². The van der Waals surface area contributed by atoms with E-state index in [0.717, 1.165) is 17.4 Å². The van der Waals surface area contributed by atoms with Gasteiger partial charge >= 0.3 is 12.1 Å². The number of benzene rings is 1. The lowest BCUT2D eigenvalue weighted by Gasteiger charge is -2.12. The zero-order valence-corrected chi connectivity index (χ0v) is 10.8. The molecule has 0 aliphatic rings. The lowest BCUT2D eigenvalue weighted by atomic mass is 10.2. The van der Waals surface area contributed by atoms with E-state index in [1.807, 2.05) is 0 Å². The number of halogens is 3. The Morgan fingerprint density at radius 1 is 1.20 bits per heavy atom. The smallest absolute Gasteiger partial charge is 0.419 e. The van der Waals surface area contributed by atoms with E-state index >= 15 is 0 Å². The fraction of sp³-hybridized carbons (Fsp3) is 0.154. The normalized spacial score (nSPS) is 11.3. The summed E-state index contributed by atoms with van der Waals surface area (Å²) in [6, 6.07) is 7.80. The zero-order chi connectivity index (χ0) is 14.8. The van der Waals surface area contributed by atoms with Crippen molar-refractivity contribution in [2.24, 2.45) is 0 Å². The van der Waals surface area contributed by atoms with Crippen molar-refractivity contribution in [3.8, 4) is 5.75 Å². The van der Waals surface area contributed by atoms with Crippen LogP contribution in [0.3, 0.4) is 0 Å². The molecular weight excluding hydrogens is 293 g/mol. The highest BCUT2D eigenvalue weighted by molar-refractivity contribution is 7.13. The van der Waals surface area contributed by atoms with Gasteiger partial charge in [0.05, 0.1) is 5.56 Å². The number of ether oxygens (including phenoxy) is 1. The Kier molecular flexibility index (Phi) is 3.99. The van der Waals surface area contributed by atoms with Gasteiger partial charge in [-0.1, -0.05) is 12.1 Å². The number of alkyl halides is 3. The molecule has 0 amide bonds. The van der Waals surface area contributed by atoms with Crippen LogP contribution >= 0.6 is 11.3 Å². The molecule has 1 aromatic heterocycles. The van der Waals surface area contributed by atoms with Gasteiger partial charge in [-0.3, -0.25) is 0 Å². The van der Waals surface area contributed by atoms with Crippen LogP contribution < -0.4 is 4.74 Å². The van der Waals surface area contributed by atoms with Crippen LogP contribution in [0.4, 0.5) is 13.2 Å². The highest BCUT2D eigenvalue weighted by Crippen LogP contribution is 2.36. The maximum absolute atomic E-state index is 12.7. The van der Waals surface area contributed by atoms with Crippen LogP contribution in [0.1, 0.15) is 20.1 Å². The Balaban J connectivity index is 2.13. The predicted octanol–water partition coefficient (Wildman–Crippen LogP) is 4.04. The lowest BCUT2D eigenvalue weighted by molar-refractivity contribution is -0.139. The quantitative estimate of drug-likeness (QED) is 0.927.